The lowest BCUT2D eigenvalue weighted by molar-refractivity contribution is 0.562. The average Bonchev–Trinajstić information content (AvgIpc) is 2.42. The summed E-state index contributed by atoms with van der Waals surface area (Å²) in [5, 5.41) is 8.18. The molecule has 0 amide bonds. The second-order valence-electron chi connectivity index (χ2n) is 5.23. The smallest absolute Gasteiger partial charge is 0.272 e. The molecular weight excluding hydrogens is 294 g/mol. The van der Waals surface area contributed by atoms with E-state index in [0.29, 0.717) is 12.1 Å². The minimum Gasteiger partial charge on any atom is -0.381 e. The summed E-state index contributed by atoms with van der Waals surface area (Å²) < 4.78 is 23.3. The average molecular weight is 309 g/mol. The lowest BCUT2D eigenvalue weighted by atomic mass is 10.1. The van der Waals surface area contributed by atoms with Crippen molar-refractivity contribution in [2.45, 2.75) is 18.9 Å². The molecule has 3 N–H and O–H groups in total. The second kappa shape index (κ2) is 5.03. The predicted molar refractivity (Wildman–Crippen MR) is 80.5 cm³/mol. The van der Waals surface area contributed by atoms with Crippen LogP contribution >= 0.6 is 0 Å². The lowest BCUT2D eigenvalue weighted by Crippen LogP contribution is -2.35. The minimum absolute atomic E-state index is 0.0461. The number of benzene rings is 1. The summed E-state index contributed by atoms with van der Waals surface area (Å²) in [6.07, 6.45) is 1.32. The Morgan fingerprint density at radius 3 is 2.67 bits per heavy atom. The summed E-state index contributed by atoms with van der Waals surface area (Å²) in [7, 11) is -3.04. The molecule has 1 aliphatic heterocycles. The van der Waals surface area contributed by atoms with Crippen molar-refractivity contribution in [2.24, 2.45) is 0 Å². The van der Waals surface area contributed by atoms with Gasteiger partial charge in [-0.1, -0.05) is 6.07 Å². The van der Waals surface area contributed by atoms with Crippen molar-refractivity contribution < 1.29 is 8.42 Å². The van der Waals surface area contributed by atoms with E-state index in [1.54, 1.807) is 18.2 Å². The summed E-state index contributed by atoms with van der Waals surface area (Å²) in [5.74, 6) is 0.255. The molecule has 1 atom stereocenters. The number of hydrogen-bond donors (Lipinski definition) is 3. The largest absolute Gasteiger partial charge is 0.381 e. The van der Waals surface area contributed by atoms with Gasteiger partial charge in [0.05, 0.1) is 22.3 Å². The summed E-state index contributed by atoms with van der Waals surface area (Å²) in [6, 6.07) is 4.66. The van der Waals surface area contributed by atoms with Gasteiger partial charge in [-0.05, 0) is 25.0 Å². The fourth-order valence-electron chi connectivity index (χ4n) is 2.71. The summed E-state index contributed by atoms with van der Waals surface area (Å²) in [4.78, 5) is 23.7. The molecule has 7 nitrogen and oxygen atoms in total. The van der Waals surface area contributed by atoms with Crippen LogP contribution in [0.15, 0.2) is 27.8 Å². The molecule has 1 aromatic heterocycles. The third kappa shape index (κ3) is 2.71. The van der Waals surface area contributed by atoms with E-state index in [1.807, 2.05) is 0 Å². The van der Waals surface area contributed by atoms with Crippen LogP contribution in [0.25, 0.3) is 10.8 Å². The van der Waals surface area contributed by atoms with Crippen molar-refractivity contribution in [1.29, 1.82) is 0 Å². The summed E-state index contributed by atoms with van der Waals surface area (Å²) in [6.45, 7) is 0. The molecule has 112 valence electrons. The molecule has 0 bridgehead atoms. The van der Waals surface area contributed by atoms with Gasteiger partial charge in [-0.15, -0.1) is 0 Å². The van der Waals surface area contributed by atoms with E-state index in [0.717, 1.165) is 6.42 Å². The van der Waals surface area contributed by atoms with Crippen molar-refractivity contribution in [1.82, 2.24) is 10.2 Å². The molecular formula is C13H15N3O4S. The lowest BCUT2D eigenvalue weighted by Gasteiger charge is -2.24. The molecule has 1 saturated heterocycles. The van der Waals surface area contributed by atoms with E-state index in [2.05, 4.69) is 15.5 Å². The number of nitrogens with one attached hydrogen (secondary N) is 3. The highest BCUT2D eigenvalue weighted by Gasteiger charge is 2.25. The standard InChI is InChI=1S/C13H15N3O4S/c17-12-9-4-1-5-10(11(9)13(18)16-15-12)14-8-3-2-6-21(19,20)7-8/h1,4-5,8,14H,2-3,6-7H2,(H,15,17)(H,16,18). The molecule has 0 radical (unpaired) electrons. The van der Waals surface area contributed by atoms with Crippen molar-refractivity contribution in [2.75, 3.05) is 16.8 Å². The molecule has 3 rings (SSSR count). The molecule has 1 fully saturated rings. The number of aromatic amines is 2. The Morgan fingerprint density at radius 2 is 1.90 bits per heavy atom. The van der Waals surface area contributed by atoms with Gasteiger partial charge in [0.15, 0.2) is 9.84 Å². The van der Waals surface area contributed by atoms with Gasteiger partial charge in [-0.25, -0.2) is 8.42 Å². The molecule has 2 heterocycles. The van der Waals surface area contributed by atoms with Gasteiger partial charge in [-0.3, -0.25) is 19.8 Å². The first-order valence-corrected chi connectivity index (χ1v) is 8.49. The Bertz CT molecular complexity index is 898. The molecule has 1 aromatic carbocycles. The first kappa shape index (κ1) is 13.9. The monoisotopic (exact) mass is 309 g/mol. The molecule has 0 aliphatic carbocycles. The molecule has 1 aliphatic rings. The maximum absolute atomic E-state index is 11.9. The highest BCUT2D eigenvalue weighted by Crippen LogP contribution is 2.21. The number of sulfone groups is 1. The van der Waals surface area contributed by atoms with Crippen LogP contribution in [-0.2, 0) is 9.84 Å². The zero-order chi connectivity index (χ0) is 15.0. The number of rotatable bonds is 2. The summed E-state index contributed by atoms with van der Waals surface area (Å²) in [5.41, 5.74) is -0.308. The Kier molecular flexibility index (Phi) is 3.32. The zero-order valence-electron chi connectivity index (χ0n) is 11.2. The Labute approximate surface area is 120 Å². The third-order valence-corrected chi connectivity index (χ3v) is 5.47. The van der Waals surface area contributed by atoms with Crippen LogP contribution in [0.3, 0.4) is 0 Å². The van der Waals surface area contributed by atoms with E-state index < -0.39 is 15.4 Å². The van der Waals surface area contributed by atoms with Crippen molar-refractivity contribution in [3.8, 4) is 0 Å². The van der Waals surface area contributed by atoms with E-state index in [9.17, 15) is 18.0 Å². The molecule has 0 spiro atoms. The van der Waals surface area contributed by atoms with Crippen LogP contribution in [-0.4, -0.2) is 36.2 Å². The van der Waals surface area contributed by atoms with Crippen molar-refractivity contribution in [3.63, 3.8) is 0 Å². The fraction of sp³-hybridized carbons (Fsp3) is 0.385. The predicted octanol–water partition coefficient (Wildman–Crippen LogP) is 0.205. The van der Waals surface area contributed by atoms with Crippen LogP contribution < -0.4 is 16.4 Å². The maximum atomic E-state index is 11.9. The SMILES string of the molecule is O=c1[nH][nH]c(=O)c2c(NC3CCCS(=O)(=O)C3)cccc12. The normalized spacial score (nSPS) is 21.2. The van der Waals surface area contributed by atoms with E-state index in [1.165, 1.54) is 0 Å². The first-order chi connectivity index (χ1) is 9.96. The quantitative estimate of drug-likeness (QED) is 0.734. The molecule has 0 saturated carbocycles. The van der Waals surface area contributed by atoms with Gasteiger partial charge in [0.1, 0.15) is 0 Å². The topological polar surface area (TPSA) is 112 Å². The van der Waals surface area contributed by atoms with Crippen molar-refractivity contribution in [3.05, 3.63) is 38.9 Å². The highest BCUT2D eigenvalue weighted by atomic mass is 32.2. The van der Waals surface area contributed by atoms with Gasteiger partial charge >= 0.3 is 0 Å². The number of H-pyrrole nitrogens is 2. The van der Waals surface area contributed by atoms with Crippen LogP contribution in [0.4, 0.5) is 5.69 Å². The van der Waals surface area contributed by atoms with Gasteiger partial charge in [0, 0.05) is 11.7 Å². The minimum atomic E-state index is -3.04. The molecule has 8 heteroatoms. The van der Waals surface area contributed by atoms with Gasteiger partial charge in [0.2, 0.25) is 0 Å². The van der Waals surface area contributed by atoms with E-state index >= 15 is 0 Å². The van der Waals surface area contributed by atoms with E-state index in [-0.39, 0.29) is 33.9 Å². The van der Waals surface area contributed by atoms with Crippen LogP contribution in [0.5, 0.6) is 0 Å². The highest BCUT2D eigenvalue weighted by molar-refractivity contribution is 7.91. The Balaban J connectivity index is 2.04. The Hall–Kier alpha value is -2.09. The zero-order valence-corrected chi connectivity index (χ0v) is 12.0. The second-order valence-corrected chi connectivity index (χ2v) is 7.46. The fourth-order valence-corrected chi connectivity index (χ4v) is 4.34. The van der Waals surface area contributed by atoms with Gasteiger partial charge in [0.25, 0.3) is 11.1 Å². The van der Waals surface area contributed by atoms with Crippen LogP contribution in [0.2, 0.25) is 0 Å². The maximum Gasteiger partial charge on any atom is 0.272 e. The number of fused-ring (bicyclic) bond motifs is 1. The number of anilines is 1. The third-order valence-electron chi connectivity index (χ3n) is 3.65. The van der Waals surface area contributed by atoms with Crippen LogP contribution in [0, 0.1) is 0 Å². The Morgan fingerprint density at radius 1 is 1.14 bits per heavy atom. The van der Waals surface area contributed by atoms with Gasteiger partial charge < -0.3 is 5.32 Å². The molecule has 1 unspecified atom stereocenters. The molecule has 21 heavy (non-hydrogen) atoms. The molecule has 2 aromatic rings. The van der Waals surface area contributed by atoms with Crippen LogP contribution in [0.1, 0.15) is 12.8 Å². The number of hydrogen-bond acceptors (Lipinski definition) is 5. The van der Waals surface area contributed by atoms with Crippen molar-refractivity contribution >= 4 is 26.3 Å². The number of aromatic nitrogens is 2. The van der Waals surface area contributed by atoms with E-state index in [4.69, 9.17) is 0 Å². The first-order valence-electron chi connectivity index (χ1n) is 6.67. The van der Waals surface area contributed by atoms with Gasteiger partial charge in [-0.2, -0.15) is 0 Å². The summed E-state index contributed by atoms with van der Waals surface area (Å²) >= 11 is 0.